The lowest BCUT2D eigenvalue weighted by atomic mass is 10.1. The fourth-order valence-electron chi connectivity index (χ4n) is 2.26. The summed E-state index contributed by atoms with van der Waals surface area (Å²) in [5, 5.41) is 11.5. The number of aromatic nitrogens is 2. The van der Waals surface area contributed by atoms with Gasteiger partial charge in [0.25, 0.3) is 0 Å². The van der Waals surface area contributed by atoms with Crippen molar-refractivity contribution in [2.24, 2.45) is 0 Å². The predicted octanol–water partition coefficient (Wildman–Crippen LogP) is -0.0955. The molecule has 1 aromatic rings. The SMILES string of the molecule is C[C@@H](NC(=O)N1CCC(NS(C)(=O)=O)CC1)c1nnc(N)s1. The number of rotatable bonds is 4. The molecule has 2 heterocycles. The molecule has 0 aromatic carbocycles. The zero-order chi connectivity index (χ0) is 16.3. The first-order chi connectivity index (χ1) is 10.2. The Kier molecular flexibility index (Phi) is 5.19. The third kappa shape index (κ3) is 4.78. The van der Waals surface area contributed by atoms with Crippen LogP contribution in [-0.2, 0) is 10.0 Å². The minimum atomic E-state index is -3.21. The maximum absolute atomic E-state index is 12.2. The molecule has 1 fully saturated rings. The quantitative estimate of drug-likeness (QED) is 0.697. The maximum Gasteiger partial charge on any atom is 0.317 e. The van der Waals surface area contributed by atoms with Crippen molar-refractivity contribution in [1.82, 2.24) is 25.1 Å². The molecule has 124 valence electrons. The molecule has 1 aromatic heterocycles. The summed E-state index contributed by atoms with van der Waals surface area (Å²) in [7, 11) is -3.21. The molecule has 0 aliphatic carbocycles. The molecule has 0 unspecified atom stereocenters. The number of nitrogens with one attached hydrogen (secondary N) is 2. The molecular formula is C11H20N6O3S2. The second-order valence-electron chi connectivity index (χ2n) is 5.30. The van der Waals surface area contributed by atoms with Crippen LogP contribution in [0.3, 0.4) is 0 Å². The molecule has 0 spiro atoms. The number of hydrogen-bond donors (Lipinski definition) is 3. The minimum absolute atomic E-state index is 0.112. The zero-order valence-electron chi connectivity index (χ0n) is 12.4. The maximum atomic E-state index is 12.2. The van der Waals surface area contributed by atoms with Gasteiger partial charge in [0, 0.05) is 19.1 Å². The van der Waals surface area contributed by atoms with Gasteiger partial charge in [-0.1, -0.05) is 11.3 Å². The van der Waals surface area contributed by atoms with Crippen molar-refractivity contribution in [3.8, 4) is 0 Å². The number of amides is 2. The summed E-state index contributed by atoms with van der Waals surface area (Å²) in [6.45, 7) is 2.82. The van der Waals surface area contributed by atoms with Gasteiger partial charge in [0.1, 0.15) is 5.01 Å². The Balaban J connectivity index is 1.82. The predicted molar refractivity (Wildman–Crippen MR) is 83.8 cm³/mol. The van der Waals surface area contributed by atoms with Crippen LogP contribution >= 0.6 is 11.3 Å². The highest BCUT2D eigenvalue weighted by molar-refractivity contribution is 7.88. The van der Waals surface area contributed by atoms with Crippen LogP contribution < -0.4 is 15.8 Å². The fraction of sp³-hybridized carbons (Fsp3) is 0.727. The highest BCUT2D eigenvalue weighted by Crippen LogP contribution is 2.19. The van der Waals surface area contributed by atoms with Gasteiger partial charge in [-0.05, 0) is 19.8 Å². The summed E-state index contributed by atoms with van der Waals surface area (Å²) in [5.74, 6) is 0. The molecule has 2 amide bonds. The smallest absolute Gasteiger partial charge is 0.317 e. The average Bonchev–Trinajstić information content (AvgIpc) is 2.84. The van der Waals surface area contributed by atoms with Crippen molar-refractivity contribution in [2.45, 2.75) is 31.8 Å². The Morgan fingerprint density at radius 2 is 2.05 bits per heavy atom. The second kappa shape index (κ2) is 6.75. The van der Waals surface area contributed by atoms with Crippen molar-refractivity contribution in [3.63, 3.8) is 0 Å². The van der Waals surface area contributed by atoms with E-state index in [1.165, 1.54) is 11.3 Å². The van der Waals surface area contributed by atoms with Gasteiger partial charge < -0.3 is 16.0 Å². The highest BCUT2D eigenvalue weighted by atomic mass is 32.2. The van der Waals surface area contributed by atoms with E-state index in [1.54, 1.807) is 4.90 Å². The van der Waals surface area contributed by atoms with Crippen LogP contribution in [0.15, 0.2) is 0 Å². The number of nitrogen functional groups attached to an aromatic ring is 1. The van der Waals surface area contributed by atoms with E-state index in [9.17, 15) is 13.2 Å². The first-order valence-electron chi connectivity index (χ1n) is 6.86. The number of nitrogens with zero attached hydrogens (tertiary/aromatic N) is 3. The van der Waals surface area contributed by atoms with Crippen LogP contribution in [0.4, 0.5) is 9.93 Å². The highest BCUT2D eigenvalue weighted by Gasteiger charge is 2.25. The van der Waals surface area contributed by atoms with Crippen LogP contribution in [0.5, 0.6) is 0 Å². The molecule has 1 saturated heterocycles. The van der Waals surface area contributed by atoms with Crippen LogP contribution in [0.25, 0.3) is 0 Å². The number of carbonyl (C=O) groups is 1. The Labute approximate surface area is 133 Å². The van der Waals surface area contributed by atoms with E-state index < -0.39 is 10.0 Å². The van der Waals surface area contributed by atoms with Crippen molar-refractivity contribution >= 4 is 32.5 Å². The van der Waals surface area contributed by atoms with Gasteiger partial charge >= 0.3 is 6.03 Å². The van der Waals surface area contributed by atoms with E-state index in [0.717, 1.165) is 6.26 Å². The first kappa shape index (κ1) is 16.9. The Morgan fingerprint density at radius 1 is 1.41 bits per heavy atom. The zero-order valence-corrected chi connectivity index (χ0v) is 14.1. The van der Waals surface area contributed by atoms with Crippen molar-refractivity contribution in [1.29, 1.82) is 0 Å². The number of likely N-dealkylation sites (tertiary alicyclic amines) is 1. The number of anilines is 1. The van der Waals surface area contributed by atoms with Crippen molar-refractivity contribution in [3.05, 3.63) is 5.01 Å². The number of piperidine rings is 1. The molecule has 22 heavy (non-hydrogen) atoms. The lowest BCUT2D eigenvalue weighted by molar-refractivity contribution is 0.177. The molecule has 0 bridgehead atoms. The molecule has 11 heteroatoms. The standard InChI is InChI=1S/C11H20N6O3S2/c1-7(9-14-15-10(12)21-9)13-11(18)17-5-3-8(4-6-17)16-22(2,19)20/h7-8,16H,3-6H2,1-2H3,(H2,12,15)(H,13,18)/t7-/m1/s1. The first-order valence-corrected chi connectivity index (χ1v) is 9.57. The minimum Gasteiger partial charge on any atom is -0.374 e. The molecule has 1 aliphatic rings. The van der Waals surface area contributed by atoms with Crippen molar-refractivity contribution < 1.29 is 13.2 Å². The van der Waals surface area contributed by atoms with Gasteiger partial charge in [0.15, 0.2) is 0 Å². The number of nitrogens with two attached hydrogens (primary N) is 1. The van der Waals surface area contributed by atoms with Gasteiger partial charge in [-0.25, -0.2) is 17.9 Å². The third-order valence-corrected chi connectivity index (χ3v) is 5.03. The lowest BCUT2D eigenvalue weighted by Gasteiger charge is -2.32. The van der Waals surface area contributed by atoms with E-state index in [2.05, 4.69) is 20.2 Å². The molecular weight excluding hydrogens is 328 g/mol. The second-order valence-corrected chi connectivity index (χ2v) is 8.12. The molecule has 2 rings (SSSR count). The Morgan fingerprint density at radius 3 is 2.55 bits per heavy atom. The van der Waals surface area contributed by atoms with E-state index in [4.69, 9.17) is 5.73 Å². The number of carbonyl (C=O) groups excluding carboxylic acids is 1. The van der Waals surface area contributed by atoms with Crippen LogP contribution in [-0.4, -0.2) is 54.9 Å². The summed E-state index contributed by atoms with van der Waals surface area (Å²) in [6.07, 6.45) is 2.34. The van der Waals surface area contributed by atoms with Crippen LogP contribution in [0, 0.1) is 0 Å². The molecule has 4 N–H and O–H groups in total. The van der Waals surface area contributed by atoms with Gasteiger partial charge in [-0.15, -0.1) is 10.2 Å². The van der Waals surface area contributed by atoms with Crippen LogP contribution in [0.1, 0.15) is 30.8 Å². The van der Waals surface area contributed by atoms with Crippen LogP contribution in [0.2, 0.25) is 0 Å². The molecule has 1 aliphatic heterocycles. The van der Waals surface area contributed by atoms with Gasteiger partial charge in [-0.2, -0.15) is 0 Å². The number of sulfonamides is 1. The molecule has 0 saturated carbocycles. The van der Waals surface area contributed by atoms with E-state index in [0.29, 0.717) is 36.1 Å². The summed E-state index contributed by atoms with van der Waals surface area (Å²) in [4.78, 5) is 13.8. The van der Waals surface area contributed by atoms with E-state index in [-0.39, 0.29) is 18.1 Å². The summed E-state index contributed by atoms with van der Waals surface area (Å²) < 4.78 is 25.0. The molecule has 1 atom stereocenters. The Hall–Kier alpha value is -1.46. The summed E-state index contributed by atoms with van der Waals surface area (Å²) in [5.41, 5.74) is 5.52. The largest absolute Gasteiger partial charge is 0.374 e. The van der Waals surface area contributed by atoms with Gasteiger partial charge in [0.2, 0.25) is 15.2 Å². The number of hydrogen-bond acceptors (Lipinski definition) is 7. The van der Waals surface area contributed by atoms with E-state index in [1.807, 2.05) is 6.92 Å². The summed E-state index contributed by atoms with van der Waals surface area (Å²) >= 11 is 1.24. The average molecular weight is 348 g/mol. The van der Waals surface area contributed by atoms with Gasteiger partial charge in [-0.3, -0.25) is 0 Å². The normalized spacial score (nSPS) is 18.2. The third-order valence-electron chi connectivity index (χ3n) is 3.33. The molecule has 0 radical (unpaired) electrons. The summed E-state index contributed by atoms with van der Waals surface area (Å²) in [6, 6.07) is -0.576. The fourth-order valence-corrected chi connectivity index (χ4v) is 3.72. The topological polar surface area (TPSA) is 130 Å². The number of urea groups is 1. The Bertz CT molecular complexity index is 624. The van der Waals surface area contributed by atoms with E-state index >= 15 is 0 Å². The molecule has 9 nitrogen and oxygen atoms in total. The van der Waals surface area contributed by atoms with Crippen molar-refractivity contribution in [2.75, 3.05) is 25.1 Å². The monoisotopic (exact) mass is 348 g/mol. The lowest BCUT2D eigenvalue weighted by Crippen LogP contribution is -2.49. The van der Waals surface area contributed by atoms with Gasteiger partial charge in [0.05, 0.1) is 12.3 Å².